The van der Waals surface area contributed by atoms with Crippen molar-refractivity contribution < 1.29 is 18.0 Å². The highest BCUT2D eigenvalue weighted by Crippen LogP contribution is 2.31. The van der Waals surface area contributed by atoms with E-state index < -0.39 is 17.6 Å². The van der Waals surface area contributed by atoms with Gasteiger partial charge in [-0.2, -0.15) is 13.2 Å². The molecule has 1 N–H and O–H groups in total. The third-order valence-corrected chi connectivity index (χ3v) is 5.07. The van der Waals surface area contributed by atoms with Crippen molar-refractivity contribution >= 4 is 40.9 Å². The van der Waals surface area contributed by atoms with Crippen LogP contribution in [-0.4, -0.2) is 26.9 Å². The van der Waals surface area contributed by atoms with Crippen molar-refractivity contribution in [3.63, 3.8) is 0 Å². The molecule has 0 fully saturated rings. The van der Waals surface area contributed by atoms with Crippen LogP contribution in [0.1, 0.15) is 21.7 Å². The molecule has 0 aliphatic carbocycles. The van der Waals surface area contributed by atoms with Gasteiger partial charge < -0.3 is 5.32 Å². The van der Waals surface area contributed by atoms with E-state index in [1.807, 2.05) is 0 Å². The molecule has 0 saturated carbocycles. The number of hydrogen-bond acceptors (Lipinski definition) is 4. The predicted octanol–water partition coefficient (Wildman–Crippen LogP) is 5.24. The molecular weight excluding hydrogens is 448 g/mol. The van der Waals surface area contributed by atoms with Gasteiger partial charge in [0.2, 0.25) is 0 Å². The van der Waals surface area contributed by atoms with Crippen molar-refractivity contribution in [2.45, 2.75) is 17.9 Å². The topological polar surface area (TPSA) is 59.8 Å². The van der Waals surface area contributed by atoms with Gasteiger partial charge in [0.25, 0.3) is 5.91 Å². The molecule has 0 atom stereocenters. The van der Waals surface area contributed by atoms with Crippen molar-refractivity contribution in [2.24, 2.45) is 0 Å². The minimum atomic E-state index is -4.48. The molecule has 152 valence electrons. The van der Waals surface area contributed by atoms with Crippen LogP contribution in [0.5, 0.6) is 0 Å². The Labute approximate surface area is 178 Å². The third kappa shape index (κ3) is 4.85. The zero-order valence-electron chi connectivity index (χ0n) is 14.8. The third-order valence-electron chi connectivity index (χ3n) is 3.90. The Bertz CT molecular complexity index is 1060. The molecule has 5 nitrogen and oxygen atoms in total. The summed E-state index contributed by atoms with van der Waals surface area (Å²) < 4.78 is 40.7. The van der Waals surface area contributed by atoms with Crippen LogP contribution in [0.3, 0.4) is 0 Å². The van der Waals surface area contributed by atoms with Gasteiger partial charge in [-0.05, 0) is 42.7 Å². The van der Waals surface area contributed by atoms with E-state index >= 15 is 0 Å². The number of benzene rings is 2. The van der Waals surface area contributed by atoms with Crippen LogP contribution in [0.4, 0.5) is 13.2 Å². The summed E-state index contributed by atoms with van der Waals surface area (Å²) in [7, 11) is 0. The number of aromatic nitrogens is 3. The van der Waals surface area contributed by atoms with E-state index in [1.165, 1.54) is 46.7 Å². The summed E-state index contributed by atoms with van der Waals surface area (Å²) in [4.78, 5) is 12.4. The Morgan fingerprint density at radius 2 is 1.93 bits per heavy atom. The van der Waals surface area contributed by atoms with Gasteiger partial charge >= 0.3 is 6.18 Å². The minimum absolute atomic E-state index is 0.0679. The largest absolute Gasteiger partial charge is 0.416 e. The van der Waals surface area contributed by atoms with Gasteiger partial charge in [0.05, 0.1) is 28.4 Å². The second-order valence-corrected chi connectivity index (χ2v) is 7.41. The Kier molecular flexibility index (Phi) is 6.40. The summed E-state index contributed by atoms with van der Waals surface area (Å²) >= 11 is 13.1. The van der Waals surface area contributed by atoms with Crippen molar-refractivity contribution in [1.82, 2.24) is 20.1 Å². The molecule has 11 heteroatoms. The fraction of sp³-hybridized carbons (Fsp3) is 0.167. The lowest BCUT2D eigenvalue weighted by Crippen LogP contribution is -2.25. The molecule has 1 aromatic heterocycles. The summed E-state index contributed by atoms with van der Waals surface area (Å²) in [6, 6.07) is 9.25. The summed E-state index contributed by atoms with van der Waals surface area (Å²) in [5.74, 6) is -0.205. The lowest BCUT2D eigenvalue weighted by atomic mass is 10.2. The number of carbonyl (C=O) groups excluding carboxylic acids is 1. The number of hydrogen-bond donors (Lipinski definition) is 1. The average Bonchev–Trinajstić information content (AvgIpc) is 3.08. The first-order valence-corrected chi connectivity index (χ1v) is 10.1. The Morgan fingerprint density at radius 3 is 2.59 bits per heavy atom. The second-order valence-electron chi connectivity index (χ2n) is 5.79. The van der Waals surface area contributed by atoms with E-state index in [9.17, 15) is 18.0 Å². The van der Waals surface area contributed by atoms with E-state index in [0.717, 1.165) is 12.1 Å². The standard InChI is InChI=1S/C18H13Cl2F3N4OS/c1-29-17-26-25-15(9-24-16(28)13-6-5-11(19)8-14(13)20)27(17)12-4-2-3-10(7-12)18(21,22)23/h2-8H,9H2,1H3,(H,24,28). The smallest absolute Gasteiger partial charge is 0.345 e. The molecule has 3 rings (SSSR count). The van der Waals surface area contributed by atoms with Gasteiger partial charge in [-0.1, -0.05) is 41.0 Å². The Balaban J connectivity index is 1.89. The fourth-order valence-corrected chi connectivity index (χ4v) is 3.57. The van der Waals surface area contributed by atoms with Crippen molar-refractivity contribution in [1.29, 1.82) is 0 Å². The summed E-state index contributed by atoms with van der Waals surface area (Å²) in [6.45, 7) is -0.0679. The monoisotopic (exact) mass is 460 g/mol. The van der Waals surface area contributed by atoms with Crippen molar-refractivity contribution in [2.75, 3.05) is 6.26 Å². The molecule has 0 unspecified atom stereocenters. The van der Waals surface area contributed by atoms with E-state index in [-0.39, 0.29) is 28.6 Å². The quantitative estimate of drug-likeness (QED) is 0.528. The van der Waals surface area contributed by atoms with E-state index in [4.69, 9.17) is 23.2 Å². The van der Waals surface area contributed by atoms with Crippen LogP contribution >= 0.6 is 35.0 Å². The molecular formula is C18H13Cl2F3N4OS. The van der Waals surface area contributed by atoms with Gasteiger partial charge in [0, 0.05) is 5.02 Å². The van der Waals surface area contributed by atoms with Crippen LogP contribution in [0.2, 0.25) is 10.0 Å². The average molecular weight is 461 g/mol. The Hall–Kier alpha value is -2.23. The molecule has 0 saturated heterocycles. The highest BCUT2D eigenvalue weighted by molar-refractivity contribution is 7.98. The van der Waals surface area contributed by atoms with Crippen LogP contribution in [0.15, 0.2) is 47.6 Å². The summed E-state index contributed by atoms with van der Waals surface area (Å²) in [6.07, 6.45) is -2.76. The Morgan fingerprint density at radius 1 is 1.17 bits per heavy atom. The van der Waals surface area contributed by atoms with Gasteiger partial charge in [0.1, 0.15) is 0 Å². The number of alkyl halides is 3. The summed E-state index contributed by atoms with van der Waals surface area (Å²) in [5.41, 5.74) is -0.340. The second kappa shape index (κ2) is 8.64. The molecule has 0 spiro atoms. The number of halogens is 5. The molecule has 29 heavy (non-hydrogen) atoms. The molecule has 0 aliphatic heterocycles. The molecule has 1 heterocycles. The maximum absolute atomic E-state index is 13.1. The van der Waals surface area contributed by atoms with Crippen LogP contribution in [0.25, 0.3) is 5.69 Å². The van der Waals surface area contributed by atoms with E-state index in [1.54, 1.807) is 6.26 Å². The lowest BCUT2D eigenvalue weighted by Gasteiger charge is -2.13. The number of rotatable bonds is 5. The van der Waals surface area contributed by atoms with Crippen LogP contribution in [-0.2, 0) is 12.7 Å². The molecule has 0 radical (unpaired) electrons. The number of amides is 1. The number of nitrogens with one attached hydrogen (secondary N) is 1. The molecule has 3 aromatic rings. The SMILES string of the molecule is CSc1nnc(CNC(=O)c2ccc(Cl)cc2Cl)n1-c1cccc(C(F)(F)F)c1. The first kappa shape index (κ1) is 21.5. The van der Waals surface area contributed by atoms with Crippen molar-refractivity contribution in [3.05, 3.63) is 69.5 Å². The van der Waals surface area contributed by atoms with Gasteiger partial charge in [0.15, 0.2) is 11.0 Å². The normalized spacial score (nSPS) is 11.5. The minimum Gasteiger partial charge on any atom is -0.345 e. The first-order valence-electron chi connectivity index (χ1n) is 8.10. The van der Waals surface area contributed by atoms with Crippen molar-refractivity contribution in [3.8, 4) is 5.69 Å². The number of carbonyl (C=O) groups is 1. The van der Waals surface area contributed by atoms with E-state index in [0.29, 0.717) is 10.2 Å². The summed E-state index contributed by atoms with van der Waals surface area (Å²) in [5, 5.41) is 11.6. The molecule has 0 bridgehead atoms. The first-order chi connectivity index (χ1) is 13.7. The fourth-order valence-electron chi connectivity index (χ4n) is 2.56. The molecule has 1 amide bonds. The van der Waals surface area contributed by atoms with Gasteiger partial charge in [-0.15, -0.1) is 10.2 Å². The highest BCUT2D eigenvalue weighted by atomic mass is 35.5. The lowest BCUT2D eigenvalue weighted by molar-refractivity contribution is -0.137. The molecule has 0 aliphatic rings. The zero-order valence-corrected chi connectivity index (χ0v) is 17.1. The zero-order chi connectivity index (χ0) is 21.2. The van der Waals surface area contributed by atoms with Crippen LogP contribution < -0.4 is 5.32 Å². The highest BCUT2D eigenvalue weighted by Gasteiger charge is 2.31. The number of nitrogens with zero attached hydrogens (tertiary/aromatic N) is 3. The van der Waals surface area contributed by atoms with E-state index in [2.05, 4.69) is 15.5 Å². The maximum atomic E-state index is 13.1. The molecule has 2 aromatic carbocycles. The maximum Gasteiger partial charge on any atom is 0.416 e. The predicted molar refractivity (Wildman–Crippen MR) is 106 cm³/mol. The number of thioether (sulfide) groups is 1. The van der Waals surface area contributed by atoms with Crippen LogP contribution in [0, 0.1) is 0 Å². The van der Waals surface area contributed by atoms with Gasteiger partial charge in [-0.3, -0.25) is 9.36 Å². The van der Waals surface area contributed by atoms with Gasteiger partial charge in [-0.25, -0.2) is 0 Å².